The molecule has 6 heteroatoms. The Morgan fingerprint density at radius 2 is 2.05 bits per heavy atom. The number of nitriles is 1. The highest BCUT2D eigenvalue weighted by Crippen LogP contribution is 2.24. The average Bonchev–Trinajstić information content (AvgIpc) is 2.43. The van der Waals surface area contributed by atoms with Gasteiger partial charge >= 0.3 is 0 Å². The van der Waals surface area contributed by atoms with Crippen molar-refractivity contribution in [3.63, 3.8) is 0 Å². The average molecular weight is 309 g/mol. The molecule has 0 aliphatic heterocycles. The van der Waals surface area contributed by atoms with Gasteiger partial charge in [0.15, 0.2) is 0 Å². The van der Waals surface area contributed by atoms with Crippen LogP contribution < -0.4 is 5.73 Å². The molecule has 0 radical (unpaired) electrons. The Bertz CT molecular complexity index is 728. The summed E-state index contributed by atoms with van der Waals surface area (Å²) < 4.78 is 25.4. The van der Waals surface area contributed by atoms with Crippen molar-refractivity contribution >= 4 is 28.1 Å². The first kappa shape index (κ1) is 14.5. The molecule has 2 rings (SSSR count). The molecule has 0 aliphatic carbocycles. The Hall–Kier alpha value is -1.90. The van der Waals surface area contributed by atoms with Crippen molar-refractivity contribution in [2.75, 3.05) is 5.73 Å². The Morgan fingerprint density at radius 1 is 1.30 bits per heavy atom. The Balaban J connectivity index is 2.28. The summed E-state index contributed by atoms with van der Waals surface area (Å²) in [6.07, 6.45) is 0. The predicted octanol–water partition coefficient (Wildman–Crippen LogP) is 3.24. The van der Waals surface area contributed by atoms with E-state index in [1.165, 1.54) is 18.2 Å². The van der Waals surface area contributed by atoms with Crippen LogP contribution in [0.2, 0.25) is 5.02 Å². The van der Waals surface area contributed by atoms with E-state index in [1.54, 1.807) is 12.1 Å². The van der Waals surface area contributed by atoms with Crippen LogP contribution in [-0.2, 0) is 16.6 Å². The molecule has 20 heavy (non-hydrogen) atoms. The number of halogens is 2. The van der Waals surface area contributed by atoms with Gasteiger partial charge in [-0.2, -0.15) is 5.26 Å². The number of benzene rings is 2. The minimum absolute atomic E-state index is 0.109. The predicted molar refractivity (Wildman–Crippen MR) is 77.1 cm³/mol. The molecule has 1 atom stereocenters. The fourth-order valence-electron chi connectivity index (χ4n) is 1.66. The third-order valence-electron chi connectivity index (χ3n) is 2.69. The lowest BCUT2D eigenvalue weighted by Gasteiger charge is -2.07. The van der Waals surface area contributed by atoms with Gasteiger partial charge in [0.05, 0.1) is 33.1 Å². The van der Waals surface area contributed by atoms with E-state index < -0.39 is 16.6 Å². The van der Waals surface area contributed by atoms with Gasteiger partial charge in [-0.05, 0) is 35.9 Å². The number of nitrogens with two attached hydrogens (primary N) is 1. The highest BCUT2D eigenvalue weighted by Gasteiger charge is 2.12. The van der Waals surface area contributed by atoms with E-state index in [0.29, 0.717) is 16.1 Å². The summed E-state index contributed by atoms with van der Waals surface area (Å²) >= 11 is 6.02. The Kier molecular flexibility index (Phi) is 4.38. The van der Waals surface area contributed by atoms with E-state index in [-0.39, 0.29) is 16.3 Å². The van der Waals surface area contributed by atoms with E-state index >= 15 is 0 Å². The van der Waals surface area contributed by atoms with Crippen LogP contribution in [0.5, 0.6) is 0 Å². The zero-order valence-corrected chi connectivity index (χ0v) is 11.8. The summed E-state index contributed by atoms with van der Waals surface area (Å²) in [7, 11) is -1.51. The second kappa shape index (κ2) is 6.04. The molecule has 0 aromatic heterocycles. The van der Waals surface area contributed by atoms with Crippen molar-refractivity contribution in [3.05, 3.63) is 58.4 Å². The third-order valence-corrected chi connectivity index (χ3v) is 4.46. The van der Waals surface area contributed by atoms with Crippen LogP contribution in [0.3, 0.4) is 0 Å². The van der Waals surface area contributed by atoms with Crippen molar-refractivity contribution in [3.8, 4) is 6.07 Å². The molecule has 0 heterocycles. The topological polar surface area (TPSA) is 66.9 Å². The van der Waals surface area contributed by atoms with Crippen LogP contribution in [-0.4, -0.2) is 4.21 Å². The number of rotatable bonds is 3. The highest BCUT2D eigenvalue weighted by molar-refractivity contribution is 7.84. The molecule has 0 bridgehead atoms. The zero-order chi connectivity index (χ0) is 14.7. The van der Waals surface area contributed by atoms with Gasteiger partial charge < -0.3 is 5.73 Å². The summed E-state index contributed by atoms with van der Waals surface area (Å²) in [5.41, 5.74) is 7.01. The smallest absolute Gasteiger partial charge is 0.124 e. The highest BCUT2D eigenvalue weighted by atomic mass is 35.5. The molecule has 2 N–H and O–H groups in total. The molecular formula is C14H10ClFN2OS. The monoisotopic (exact) mass is 308 g/mol. The van der Waals surface area contributed by atoms with Gasteiger partial charge in [0, 0.05) is 10.7 Å². The molecule has 0 spiro atoms. The summed E-state index contributed by atoms with van der Waals surface area (Å²) in [4.78, 5) is 0.241. The lowest BCUT2D eigenvalue weighted by atomic mass is 10.2. The van der Waals surface area contributed by atoms with Crippen molar-refractivity contribution < 1.29 is 8.60 Å². The SMILES string of the molecule is N#Cc1ccc(CS(=O)c2cc(F)ccc2N)c(Cl)c1. The number of anilines is 1. The Labute approximate surface area is 123 Å². The van der Waals surface area contributed by atoms with Gasteiger partial charge in [-0.1, -0.05) is 17.7 Å². The standard InChI is InChI=1S/C14H10ClFN2OS/c15-12-5-9(7-17)1-2-10(12)8-20(19)14-6-11(16)3-4-13(14)18/h1-6H,8,18H2. The zero-order valence-electron chi connectivity index (χ0n) is 10.3. The molecular weight excluding hydrogens is 299 g/mol. The molecule has 2 aromatic rings. The molecule has 0 fully saturated rings. The maximum atomic E-state index is 13.2. The minimum Gasteiger partial charge on any atom is -0.398 e. The fraction of sp³-hybridized carbons (Fsp3) is 0.0714. The largest absolute Gasteiger partial charge is 0.398 e. The van der Waals surface area contributed by atoms with Crippen LogP contribution >= 0.6 is 11.6 Å². The van der Waals surface area contributed by atoms with Crippen molar-refractivity contribution in [1.82, 2.24) is 0 Å². The van der Waals surface area contributed by atoms with Gasteiger partial charge in [0.2, 0.25) is 0 Å². The van der Waals surface area contributed by atoms with Crippen molar-refractivity contribution in [2.45, 2.75) is 10.6 Å². The van der Waals surface area contributed by atoms with E-state index in [1.807, 2.05) is 6.07 Å². The van der Waals surface area contributed by atoms with E-state index in [4.69, 9.17) is 22.6 Å². The quantitative estimate of drug-likeness (QED) is 0.885. The fourth-order valence-corrected chi connectivity index (χ4v) is 3.25. The van der Waals surface area contributed by atoms with Crippen LogP contribution in [0.4, 0.5) is 10.1 Å². The van der Waals surface area contributed by atoms with Crippen molar-refractivity contribution in [1.29, 1.82) is 5.26 Å². The van der Waals surface area contributed by atoms with Gasteiger partial charge in [-0.15, -0.1) is 0 Å². The molecule has 0 saturated heterocycles. The number of hydrogen-bond acceptors (Lipinski definition) is 3. The number of nitrogens with zero attached hydrogens (tertiary/aromatic N) is 1. The van der Waals surface area contributed by atoms with Crippen LogP contribution in [0.15, 0.2) is 41.3 Å². The molecule has 2 aromatic carbocycles. The lowest BCUT2D eigenvalue weighted by Crippen LogP contribution is -2.02. The van der Waals surface area contributed by atoms with Gasteiger partial charge in [0.25, 0.3) is 0 Å². The van der Waals surface area contributed by atoms with Crippen LogP contribution in [0, 0.1) is 17.1 Å². The summed E-state index contributed by atoms with van der Waals surface area (Å²) in [6.45, 7) is 0. The Morgan fingerprint density at radius 3 is 2.70 bits per heavy atom. The normalized spacial score (nSPS) is 11.8. The second-order valence-corrected chi connectivity index (χ2v) is 5.92. The molecule has 3 nitrogen and oxygen atoms in total. The lowest BCUT2D eigenvalue weighted by molar-refractivity contribution is 0.623. The first-order chi connectivity index (χ1) is 9.51. The molecule has 1 unspecified atom stereocenters. The molecule has 0 aliphatic rings. The minimum atomic E-state index is -1.51. The van der Waals surface area contributed by atoms with Gasteiger partial charge in [-0.3, -0.25) is 4.21 Å². The second-order valence-electron chi connectivity index (χ2n) is 4.09. The van der Waals surface area contributed by atoms with Crippen LogP contribution in [0.25, 0.3) is 0 Å². The van der Waals surface area contributed by atoms with E-state index in [2.05, 4.69) is 0 Å². The maximum Gasteiger partial charge on any atom is 0.124 e. The summed E-state index contributed by atoms with van der Waals surface area (Å²) in [5, 5.41) is 9.11. The van der Waals surface area contributed by atoms with E-state index in [0.717, 1.165) is 6.07 Å². The van der Waals surface area contributed by atoms with E-state index in [9.17, 15) is 8.60 Å². The molecule has 0 saturated carbocycles. The number of hydrogen-bond donors (Lipinski definition) is 1. The molecule has 102 valence electrons. The molecule has 0 amide bonds. The first-order valence-electron chi connectivity index (χ1n) is 5.63. The van der Waals surface area contributed by atoms with Gasteiger partial charge in [0.1, 0.15) is 5.82 Å². The van der Waals surface area contributed by atoms with Gasteiger partial charge in [-0.25, -0.2) is 4.39 Å². The summed E-state index contributed by atoms with van der Waals surface area (Å²) in [6, 6.07) is 10.4. The third kappa shape index (κ3) is 3.16. The summed E-state index contributed by atoms with van der Waals surface area (Å²) in [5.74, 6) is -0.383. The van der Waals surface area contributed by atoms with Crippen molar-refractivity contribution in [2.24, 2.45) is 0 Å². The maximum absolute atomic E-state index is 13.2. The van der Waals surface area contributed by atoms with Crippen LogP contribution in [0.1, 0.15) is 11.1 Å². The first-order valence-corrected chi connectivity index (χ1v) is 7.33. The number of nitrogen functional groups attached to an aromatic ring is 1.